The number of fused-ring (bicyclic) bond motifs is 1. The molecule has 2 aromatic heterocycles. The lowest BCUT2D eigenvalue weighted by atomic mass is 10.4. The second-order valence-corrected chi connectivity index (χ2v) is 3.01. The fourth-order valence-electron chi connectivity index (χ4n) is 1.43. The monoisotopic (exact) mass is 192 g/mol. The maximum absolute atomic E-state index is 8.84. The number of aromatic nitrogens is 2. The van der Waals surface area contributed by atoms with Crippen molar-refractivity contribution in [2.75, 3.05) is 13.7 Å². The van der Waals surface area contributed by atoms with Gasteiger partial charge in [-0.1, -0.05) is 0 Å². The smallest absolute Gasteiger partial charge is 0.135 e. The van der Waals surface area contributed by atoms with Crippen molar-refractivity contribution < 1.29 is 9.84 Å². The minimum Gasteiger partial charge on any atom is -0.495 e. The van der Waals surface area contributed by atoms with Crippen molar-refractivity contribution in [2.24, 2.45) is 0 Å². The minimum absolute atomic E-state index is 0.107. The van der Waals surface area contributed by atoms with Gasteiger partial charge in [-0.25, -0.2) is 4.98 Å². The number of aliphatic hydroxyl groups excluding tert-OH is 1. The molecule has 0 bridgehead atoms. The van der Waals surface area contributed by atoms with Crippen molar-refractivity contribution in [3.05, 3.63) is 30.4 Å². The highest BCUT2D eigenvalue weighted by Crippen LogP contribution is 2.14. The largest absolute Gasteiger partial charge is 0.495 e. The molecule has 2 aromatic rings. The van der Waals surface area contributed by atoms with Crippen LogP contribution in [0.25, 0.3) is 5.52 Å². The molecule has 0 atom stereocenters. The van der Waals surface area contributed by atoms with Crippen LogP contribution in [0.1, 0.15) is 5.82 Å². The summed E-state index contributed by atoms with van der Waals surface area (Å²) in [5.74, 6) is 1.64. The molecular formula is C10H12N2O2. The van der Waals surface area contributed by atoms with Gasteiger partial charge in [-0.15, -0.1) is 0 Å². The van der Waals surface area contributed by atoms with Gasteiger partial charge >= 0.3 is 0 Å². The van der Waals surface area contributed by atoms with Crippen molar-refractivity contribution in [1.82, 2.24) is 9.38 Å². The number of nitrogens with zero attached hydrogens (tertiary/aromatic N) is 2. The third kappa shape index (κ3) is 1.44. The zero-order chi connectivity index (χ0) is 9.97. The molecule has 0 saturated carbocycles. The Hall–Kier alpha value is -1.55. The van der Waals surface area contributed by atoms with Crippen molar-refractivity contribution in [3.8, 4) is 5.75 Å². The summed E-state index contributed by atoms with van der Waals surface area (Å²) in [4.78, 5) is 4.21. The van der Waals surface area contributed by atoms with Crippen molar-refractivity contribution in [2.45, 2.75) is 6.42 Å². The highest BCUT2D eigenvalue weighted by molar-refractivity contribution is 5.48. The van der Waals surface area contributed by atoms with E-state index in [1.165, 1.54) is 0 Å². The predicted octanol–water partition coefficient (Wildman–Crippen LogP) is 0.878. The molecule has 0 amide bonds. The Bertz CT molecular complexity index is 437. The molecule has 74 valence electrons. The van der Waals surface area contributed by atoms with Crippen LogP contribution in [0.2, 0.25) is 0 Å². The number of hydrogen-bond donors (Lipinski definition) is 1. The van der Waals surface area contributed by atoms with E-state index in [1.807, 2.05) is 22.7 Å². The van der Waals surface area contributed by atoms with Crippen LogP contribution in [0.4, 0.5) is 0 Å². The minimum atomic E-state index is 0.107. The number of rotatable bonds is 3. The molecule has 0 aliphatic rings. The maximum atomic E-state index is 8.84. The van der Waals surface area contributed by atoms with E-state index in [0.717, 1.165) is 17.1 Å². The van der Waals surface area contributed by atoms with Gasteiger partial charge in [0.05, 0.1) is 31.6 Å². The number of aliphatic hydroxyl groups is 1. The number of imidazole rings is 1. The Morgan fingerprint density at radius 3 is 3.07 bits per heavy atom. The molecular weight excluding hydrogens is 180 g/mol. The molecule has 4 nitrogen and oxygen atoms in total. The Morgan fingerprint density at radius 1 is 1.50 bits per heavy atom. The topological polar surface area (TPSA) is 46.8 Å². The predicted molar refractivity (Wildman–Crippen MR) is 52.5 cm³/mol. The fourth-order valence-corrected chi connectivity index (χ4v) is 1.43. The van der Waals surface area contributed by atoms with Gasteiger partial charge in [-0.05, 0) is 12.1 Å². The summed E-state index contributed by atoms with van der Waals surface area (Å²) >= 11 is 0. The average Bonchev–Trinajstić information content (AvgIpc) is 2.61. The quantitative estimate of drug-likeness (QED) is 0.785. The third-order valence-electron chi connectivity index (χ3n) is 2.15. The molecule has 1 N–H and O–H groups in total. The Morgan fingerprint density at radius 2 is 2.36 bits per heavy atom. The molecule has 0 aliphatic carbocycles. The molecule has 0 saturated heterocycles. The van der Waals surface area contributed by atoms with E-state index in [-0.39, 0.29) is 6.61 Å². The molecule has 0 fully saturated rings. The summed E-state index contributed by atoms with van der Waals surface area (Å²) in [5, 5.41) is 8.84. The molecule has 14 heavy (non-hydrogen) atoms. The standard InChI is InChI=1S/C10H12N2O2/c1-14-9-3-2-8-6-11-10(4-5-13)12(8)7-9/h2-3,6-7,13H,4-5H2,1H3. The lowest BCUT2D eigenvalue weighted by Gasteiger charge is -2.02. The highest BCUT2D eigenvalue weighted by Gasteiger charge is 2.03. The van der Waals surface area contributed by atoms with Crippen molar-refractivity contribution in [3.63, 3.8) is 0 Å². The zero-order valence-corrected chi connectivity index (χ0v) is 7.97. The first-order chi connectivity index (χ1) is 6.85. The van der Waals surface area contributed by atoms with E-state index in [2.05, 4.69) is 4.98 Å². The van der Waals surface area contributed by atoms with Crippen molar-refractivity contribution >= 4 is 5.52 Å². The van der Waals surface area contributed by atoms with Gasteiger partial charge in [0.1, 0.15) is 11.6 Å². The van der Waals surface area contributed by atoms with Crippen LogP contribution in [-0.4, -0.2) is 28.2 Å². The summed E-state index contributed by atoms with van der Waals surface area (Å²) in [5.41, 5.74) is 1.01. The first-order valence-corrected chi connectivity index (χ1v) is 4.46. The van der Waals surface area contributed by atoms with Gasteiger partial charge in [0.15, 0.2) is 0 Å². The van der Waals surface area contributed by atoms with Crippen LogP contribution in [0, 0.1) is 0 Å². The van der Waals surface area contributed by atoms with E-state index in [9.17, 15) is 0 Å². The highest BCUT2D eigenvalue weighted by atomic mass is 16.5. The van der Waals surface area contributed by atoms with Gasteiger partial charge in [-0.2, -0.15) is 0 Å². The van der Waals surface area contributed by atoms with Gasteiger partial charge < -0.3 is 9.84 Å². The second-order valence-electron chi connectivity index (χ2n) is 3.01. The summed E-state index contributed by atoms with van der Waals surface area (Å²) in [6.07, 6.45) is 4.21. The fraction of sp³-hybridized carbons (Fsp3) is 0.300. The summed E-state index contributed by atoms with van der Waals surface area (Å²) in [6, 6.07) is 3.83. The first kappa shape index (κ1) is 9.02. The van der Waals surface area contributed by atoms with E-state index in [1.54, 1.807) is 13.3 Å². The number of ether oxygens (including phenoxy) is 1. The lowest BCUT2D eigenvalue weighted by Crippen LogP contribution is -1.98. The first-order valence-electron chi connectivity index (χ1n) is 4.46. The van der Waals surface area contributed by atoms with Crippen LogP contribution in [-0.2, 0) is 6.42 Å². The Balaban J connectivity index is 2.52. The van der Waals surface area contributed by atoms with Gasteiger partial charge in [0.2, 0.25) is 0 Å². The van der Waals surface area contributed by atoms with Gasteiger partial charge in [0, 0.05) is 6.42 Å². The van der Waals surface area contributed by atoms with E-state index >= 15 is 0 Å². The van der Waals surface area contributed by atoms with Crippen molar-refractivity contribution in [1.29, 1.82) is 0 Å². The molecule has 2 rings (SSSR count). The summed E-state index contributed by atoms with van der Waals surface area (Å²) < 4.78 is 7.04. The van der Waals surface area contributed by atoms with Gasteiger partial charge in [0.25, 0.3) is 0 Å². The van der Waals surface area contributed by atoms with Gasteiger partial charge in [-0.3, -0.25) is 4.40 Å². The number of pyridine rings is 1. The van der Waals surface area contributed by atoms with Crippen LogP contribution in [0.15, 0.2) is 24.5 Å². The van der Waals surface area contributed by atoms with E-state index < -0.39 is 0 Å². The molecule has 0 spiro atoms. The number of hydrogen-bond acceptors (Lipinski definition) is 3. The summed E-state index contributed by atoms with van der Waals surface area (Å²) in [7, 11) is 1.63. The number of methoxy groups -OCH3 is 1. The Labute approximate surface area is 81.8 Å². The summed E-state index contributed by atoms with van der Waals surface area (Å²) in [6.45, 7) is 0.107. The SMILES string of the molecule is COc1ccc2cnc(CCO)n2c1. The molecule has 0 aliphatic heterocycles. The lowest BCUT2D eigenvalue weighted by molar-refractivity contribution is 0.296. The zero-order valence-electron chi connectivity index (χ0n) is 7.97. The third-order valence-corrected chi connectivity index (χ3v) is 2.15. The maximum Gasteiger partial charge on any atom is 0.135 e. The van der Waals surface area contributed by atoms with E-state index in [4.69, 9.17) is 9.84 Å². The average molecular weight is 192 g/mol. The van der Waals surface area contributed by atoms with Crippen LogP contribution < -0.4 is 4.74 Å². The molecule has 2 heterocycles. The second kappa shape index (κ2) is 3.67. The normalized spacial score (nSPS) is 10.7. The Kier molecular flexibility index (Phi) is 2.37. The molecule has 0 unspecified atom stereocenters. The van der Waals surface area contributed by atoms with Crippen LogP contribution in [0.5, 0.6) is 5.75 Å². The molecule has 4 heteroatoms. The van der Waals surface area contributed by atoms with Crippen LogP contribution >= 0.6 is 0 Å². The van der Waals surface area contributed by atoms with E-state index in [0.29, 0.717) is 6.42 Å². The molecule has 0 radical (unpaired) electrons. The van der Waals surface area contributed by atoms with Crippen LogP contribution in [0.3, 0.4) is 0 Å². The molecule has 0 aromatic carbocycles.